The Hall–Kier alpha value is -0.100. The fraction of sp³-hybridized carbons (Fsp3) is 0.667. The van der Waals surface area contributed by atoms with Gasteiger partial charge in [-0.25, -0.2) is 4.68 Å². The molecule has 1 aliphatic heterocycles. The van der Waals surface area contributed by atoms with Crippen LogP contribution in [0.1, 0.15) is 31.2 Å². The standard InChI is InChI=1S/C9H13IN2O/c1-7-8(10)6-11-12(7)9-4-2-3-5-13-9/h6,9H,2-5H2,1H3. The zero-order chi connectivity index (χ0) is 9.26. The zero-order valence-corrected chi connectivity index (χ0v) is 9.82. The number of hydrogen-bond acceptors (Lipinski definition) is 2. The van der Waals surface area contributed by atoms with Crippen LogP contribution in [0.15, 0.2) is 6.20 Å². The van der Waals surface area contributed by atoms with Crippen LogP contribution in [-0.4, -0.2) is 16.4 Å². The minimum absolute atomic E-state index is 0.178. The highest BCUT2D eigenvalue weighted by Crippen LogP contribution is 2.24. The molecule has 4 heteroatoms. The number of halogens is 1. The van der Waals surface area contributed by atoms with Crippen LogP contribution in [0, 0.1) is 10.5 Å². The molecule has 3 nitrogen and oxygen atoms in total. The average Bonchev–Trinajstić information content (AvgIpc) is 2.49. The fourth-order valence-corrected chi connectivity index (χ4v) is 1.98. The molecule has 0 amide bonds. The number of ether oxygens (including phenoxy) is 1. The number of aromatic nitrogens is 2. The Labute approximate surface area is 91.6 Å². The highest BCUT2D eigenvalue weighted by molar-refractivity contribution is 14.1. The molecule has 13 heavy (non-hydrogen) atoms. The summed E-state index contributed by atoms with van der Waals surface area (Å²) in [6, 6.07) is 0. The zero-order valence-electron chi connectivity index (χ0n) is 7.66. The van der Waals surface area contributed by atoms with Gasteiger partial charge in [0.15, 0.2) is 0 Å². The maximum atomic E-state index is 5.66. The predicted octanol–water partition coefficient (Wildman–Crippen LogP) is 2.50. The molecule has 1 aromatic rings. The van der Waals surface area contributed by atoms with E-state index in [0.29, 0.717) is 0 Å². The molecule has 1 fully saturated rings. The molecule has 2 heterocycles. The molecule has 1 aliphatic rings. The van der Waals surface area contributed by atoms with Crippen LogP contribution in [0.2, 0.25) is 0 Å². The van der Waals surface area contributed by atoms with Gasteiger partial charge in [0.05, 0.1) is 15.5 Å². The van der Waals surface area contributed by atoms with Crippen molar-refractivity contribution in [2.75, 3.05) is 6.61 Å². The van der Waals surface area contributed by atoms with E-state index in [-0.39, 0.29) is 6.23 Å². The van der Waals surface area contributed by atoms with E-state index in [1.165, 1.54) is 22.1 Å². The summed E-state index contributed by atoms with van der Waals surface area (Å²) in [7, 11) is 0. The van der Waals surface area contributed by atoms with Gasteiger partial charge in [0.1, 0.15) is 6.23 Å². The minimum Gasteiger partial charge on any atom is -0.357 e. The van der Waals surface area contributed by atoms with Gasteiger partial charge >= 0.3 is 0 Å². The second-order valence-electron chi connectivity index (χ2n) is 3.34. The molecular weight excluding hydrogens is 279 g/mol. The SMILES string of the molecule is Cc1c(I)cnn1C1CCCCO1. The second kappa shape index (κ2) is 3.96. The van der Waals surface area contributed by atoms with Crippen molar-refractivity contribution in [2.24, 2.45) is 0 Å². The maximum absolute atomic E-state index is 5.66. The minimum atomic E-state index is 0.178. The third-order valence-electron chi connectivity index (χ3n) is 2.41. The van der Waals surface area contributed by atoms with Crippen molar-refractivity contribution in [1.82, 2.24) is 9.78 Å². The van der Waals surface area contributed by atoms with Gasteiger partial charge in [-0.2, -0.15) is 5.10 Å². The van der Waals surface area contributed by atoms with Gasteiger partial charge in [0.25, 0.3) is 0 Å². The van der Waals surface area contributed by atoms with Gasteiger partial charge in [-0.3, -0.25) is 0 Å². The molecular formula is C9H13IN2O. The summed E-state index contributed by atoms with van der Waals surface area (Å²) in [6.45, 7) is 2.97. The number of rotatable bonds is 1. The summed E-state index contributed by atoms with van der Waals surface area (Å²) in [4.78, 5) is 0. The van der Waals surface area contributed by atoms with Gasteiger partial charge in [-0.1, -0.05) is 0 Å². The van der Waals surface area contributed by atoms with Gasteiger partial charge in [0, 0.05) is 6.61 Å². The van der Waals surface area contributed by atoms with Gasteiger partial charge in [0.2, 0.25) is 0 Å². The largest absolute Gasteiger partial charge is 0.357 e. The van der Waals surface area contributed by atoms with Gasteiger partial charge in [-0.05, 0) is 48.8 Å². The van der Waals surface area contributed by atoms with Gasteiger partial charge in [-0.15, -0.1) is 0 Å². The molecule has 0 aromatic carbocycles. The van der Waals surface area contributed by atoms with E-state index in [9.17, 15) is 0 Å². The van der Waals surface area contributed by atoms with Crippen LogP contribution < -0.4 is 0 Å². The van der Waals surface area contributed by atoms with Crippen LogP contribution in [0.25, 0.3) is 0 Å². The lowest BCUT2D eigenvalue weighted by Gasteiger charge is -2.23. The van der Waals surface area contributed by atoms with Crippen LogP contribution in [-0.2, 0) is 4.74 Å². The van der Waals surface area contributed by atoms with Crippen LogP contribution in [0.5, 0.6) is 0 Å². The molecule has 1 unspecified atom stereocenters. The summed E-state index contributed by atoms with van der Waals surface area (Å²) in [5.74, 6) is 0. The first-order valence-electron chi connectivity index (χ1n) is 4.60. The van der Waals surface area contributed by atoms with E-state index in [4.69, 9.17) is 4.74 Å². The normalized spacial score (nSPS) is 23.4. The monoisotopic (exact) mass is 292 g/mol. The van der Waals surface area contributed by atoms with Crippen molar-refractivity contribution in [3.63, 3.8) is 0 Å². The molecule has 1 aromatic heterocycles. The predicted molar refractivity (Wildman–Crippen MR) is 58.5 cm³/mol. The van der Waals surface area contributed by atoms with Crippen LogP contribution in [0.4, 0.5) is 0 Å². The van der Waals surface area contributed by atoms with E-state index in [0.717, 1.165) is 13.0 Å². The lowest BCUT2D eigenvalue weighted by Crippen LogP contribution is -2.20. The molecule has 0 N–H and O–H groups in total. The van der Waals surface area contributed by atoms with E-state index in [1.54, 1.807) is 0 Å². The Morgan fingerprint density at radius 2 is 2.46 bits per heavy atom. The Balaban J connectivity index is 2.18. The molecule has 0 saturated carbocycles. The first-order valence-corrected chi connectivity index (χ1v) is 5.68. The van der Waals surface area contributed by atoms with Crippen molar-refractivity contribution < 1.29 is 4.74 Å². The topological polar surface area (TPSA) is 27.1 Å². The lowest BCUT2D eigenvalue weighted by atomic mass is 10.2. The molecule has 0 radical (unpaired) electrons. The average molecular weight is 292 g/mol. The first kappa shape index (κ1) is 9.45. The fourth-order valence-electron chi connectivity index (χ4n) is 1.61. The molecule has 1 atom stereocenters. The summed E-state index contributed by atoms with van der Waals surface area (Å²) >= 11 is 2.30. The smallest absolute Gasteiger partial charge is 0.150 e. The summed E-state index contributed by atoms with van der Waals surface area (Å²) in [5, 5.41) is 4.32. The maximum Gasteiger partial charge on any atom is 0.150 e. The molecule has 2 rings (SSSR count). The third-order valence-corrected chi connectivity index (χ3v) is 3.47. The van der Waals surface area contributed by atoms with Crippen molar-refractivity contribution in [1.29, 1.82) is 0 Å². The van der Waals surface area contributed by atoms with E-state index < -0.39 is 0 Å². The van der Waals surface area contributed by atoms with Crippen molar-refractivity contribution >= 4 is 22.6 Å². The Morgan fingerprint density at radius 3 is 3.00 bits per heavy atom. The van der Waals surface area contributed by atoms with E-state index in [1.807, 2.05) is 10.9 Å². The van der Waals surface area contributed by atoms with Crippen molar-refractivity contribution in [2.45, 2.75) is 32.4 Å². The van der Waals surface area contributed by atoms with Crippen LogP contribution >= 0.6 is 22.6 Å². The van der Waals surface area contributed by atoms with Crippen molar-refractivity contribution in [3.05, 3.63) is 15.5 Å². The highest BCUT2D eigenvalue weighted by atomic mass is 127. The number of nitrogens with zero attached hydrogens (tertiary/aromatic N) is 2. The lowest BCUT2D eigenvalue weighted by molar-refractivity contribution is -0.0406. The summed E-state index contributed by atoms with van der Waals surface area (Å²) < 4.78 is 8.87. The van der Waals surface area contributed by atoms with Crippen LogP contribution in [0.3, 0.4) is 0 Å². The van der Waals surface area contributed by atoms with Gasteiger partial charge < -0.3 is 4.74 Å². The summed E-state index contributed by atoms with van der Waals surface area (Å²) in [6.07, 6.45) is 5.61. The Kier molecular flexibility index (Phi) is 2.88. The third kappa shape index (κ3) is 1.88. The number of hydrogen-bond donors (Lipinski definition) is 0. The summed E-state index contributed by atoms with van der Waals surface area (Å²) in [5.41, 5.74) is 1.22. The first-order chi connectivity index (χ1) is 6.29. The molecule has 72 valence electrons. The molecule has 0 bridgehead atoms. The Bertz CT molecular complexity index is 292. The molecule has 0 aliphatic carbocycles. The quantitative estimate of drug-likeness (QED) is 0.744. The van der Waals surface area contributed by atoms with Crippen molar-refractivity contribution in [3.8, 4) is 0 Å². The molecule has 0 spiro atoms. The molecule has 1 saturated heterocycles. The highest BCUT2D eigenvalue weighted by Gasteiger charge is 2.18. The van der Waals surface area contributed by atoms with E-state index in [2.05, 4.69) is 34.6 Å². The Morgan fingerprint density at radius 1 is 1.62 bits per heavy atom. The second-order valence-corrected chi connectivity index (χ2v) is 4.51. The van der Waals surface area contributed by atoms with E-state index >= 15 is 0 Å².